The second-order valence-electron chi connectivity index (χ2n) is 4.84. The summed E-state index contributed by atoms with van der Waals surface area (Å²) in [5, 5.41) is 12.9. The lowest BCUT2D eigenvalue weighted by Crippen LogP contribution is -2.50. The molecule has 0 radical (unpaired) electrons. The van der Waals surface area contributed by atoms with Crippen molar-refractivity contribution in [3.8, 4) is 0 Å². The molecule has 0 bridgehead atoms. The number of nitrogens with zero attached hydrogens (tertiary/aromatic N) is 3. The zero-order valence-electron chi connectivity index (χ0n) is 10.8. The van der Waals surface area contributed by atoms with Crippen LogP contribution in [0, 0.1) is 19.8 Å². The van der Waals surface area contributed by atoms with Gasteiger partial charge in [-0.1, -0.05) is 0 Å². The SMILES string of the molecule is Cc1nn(C)c(C)c1C(=O)N1CC(CC(=O)O)C1. The highest BCUT2D eigenvalue weighted by atomic mass is 16.4. The number of carboxylic acids is 1. The molecule has 1 amide bonds. The Labute approximate surface area is 105 Å². The molecular formula is C12H17N3O3. The van der Waals surface area contributed by atoms with Crippen molar-refractivity contribution in [3.05, 3.63) is 17.0 Å². The molecule has 98 valence electrons. The largest absolute Gasteiger partial charge is 0.481 e. The van der Waals surface area contributed by atoms with Crippen molar-refractivity contribution in [3.63, 3.8) is 0 Å². The fraction of sp³-hybridized carbons (Fsp3) is 0.583. The average molecular weight is 251 g/mol. The first kappa shape index (κ1) is 12.6. The average Bonchev–Trinajstić information content (AvgIpc) is 2.45. The minimum absolute atomic E-state index is 0.0419. The fourth-order valence-electron chi connectivity index (χ4n) is 2.35. The molecule has 2 rings (SSSR count). The first-order valence-electron chi connectivity index (χ1n) is 5.91. The number of rotatable bonds is 3. The van der Waals surface area contributed by atoms with Crippen LogP contribution in [0.3, 0.4) is 0 Å². The summed E-state index contributed by atoms with van der Waals surface area (Å²) in [5.74, 6) is -0.760. The number of aromatic nitrogens is 2. The van der Waals surface area contributed by atoms with E-state index < -0.39 is 5.97 Å². The number of aryl methyl sites for hydroxylation is 2. The third-order valence-corrected chi connectivity index (χ3v) is 3.43. The number of carbonyl (C=O) groups is 2. The Kier molecular flexibility index (Phi) is 3.11. The predicted molar refractivity (Wildman–Crippen MR) is 64.3 cm³/mol. The molecule has 1 aromatic rings. The Morgan fingerprint density at radius 3 is 2.44 bits per heavy atom. The van der Waals surface area contributed by atoms with Crippen molar-refractivity contribution >= 4 is 11.9 Å². The van der Waals surface area contributed by atoms with Crippen LogP contribution in [0.4, 0.5) is 0 Å². The molecular weight excluding hydrogens is 234 g/mol. The Morgan fingerprint density at radius 2 is 2.00 bits per heavy atom. The maximum absolute atomic E-state index is 12.2. The van der Waals surface area contributed by atoms with Crippen LogP contribution in [0.25, 0.3) is 0 Å². The van der Waals surface area contributed by atoms with Crippen LogP contribution in [-0.4, -0.2) is 44.8 Å². The Hall–Kier alpha value is -1.85. The van der Waals surface area contributed by atoms with Gasteiger partial charge in [-0.3, -0.25) is 14.3 Å². The van der Waals surface area contributed by atoms with E-state index in [1.807, 2.05) is 20.9 Å². The van der Waals surface area contributed by atoms with E-state index in [-0.39, 0.29) is 18.2 Å². The van der Waals surface area contributed by atoms with E-state index in [1.165, 1.54) is 0 Å². The van der Waals surface area contributed by atoms with Gasteiger partial charge in [0.1, 0.15) is 0 Å². The number of hydrogen-bond acceptors (Lipinski definition) is 3. The number of hydrogen-bond donors (Lipinski definition) is 1. The zero-order valence-corrected chi connectivity index (χ0v) is 10.8. The van der Waals surface area contributed by atoms with Gasteiger partial charge in [-0.2, -0.15) is 5.10 Å². The highest BCUT2D eigenvalue weighted by molar-refractivity contribution is 5.97. The number of aliphatic carboxylic acids is 1. The van der Waals surface area contributed by atoms with Crippen molar-refractivity contribution in [1.82, 2.24) is 14.7 Å². The Morgan fingerprint density at radius 1 is 1.39 bits per heavy atom. The second-order valence-corrected chi connectivity index (χ2v) is 4.84. The number of carboxylic acid groups (broad SMARTS) is 1. The lowest BCUT2D eigenvalue weighted by Gasteiger charge is -2.38. The molecule has 0 spiro atoms. The standard InChI is InChI=1S/C12H17N3O3/c1-7-11(8(2)14(3)13-7)12(18)15-5-9(6-15)4-10(16)17/h9H,4-6H2,1-3H3,(H,16,17). The van der Waals surface area contributed by atoms with E-state index in [0.29, 0.717) is 18.7 Å². The molecule has 0 saturated carbocycles. The lowest BCUT2D eigenvalue weighted by atomic mass is 9.95. The molecule has 0 aromatic carbocycles. The smallest absolute Gasteiger partial charge is 0.303 e. The van der Waals surface area contributed by atoms with Gasteiger partial charge in [0.2, 0.25) is 0 Å². The first-order valence-corrected chi connectivity index (χ1v) is 5.91. The number of likely N-dealkylation sites (tertiary alicyclic amines) is 1. The van der Waals surface area contributed by atoms with Crippen molar-refractivity contribution in [2.24, 2.45) is 13.0 Å². The maximum atomic E-state index is 12.2. The van der Waals surface area contributed by atoms with Crippen LogP contribution in [-0.2, 0) is 11.8 Å². The lowest BCUT2D eigenvalue weighted by molar-refractivity contribution is -0.139. The first-order chi connectivity index (χ1) is 8.40. The highest BCUT2D eigenvalue weighted by Crippen LogP contribution is 2.23. The van der Waals surface area contributed by atoms with Crippen molar-refractivity contribution in [2.75, 3.05) is 13.1 Å². The van der Waals surface area contributed by atoms with Gasteiger partial charge in [0, 0.05) is 31.7 Å². The van der Waals surface area contributed by atoms with Crippen LogP contribution in [0.15, 0.2) is 0 Å². The maximum Gasteiger partial charge on any atom is 0.303 e. The Balaban J connectivity index is 2.04. The molecule has 1 aliphatic heterocycles. The van der Waals surface area contributed by atoms with Gasteiger partial charge in [-0.25, -0.2) is 0 Å². The molecule has 1 aliphatic rings. The zero-order chi connectivity index (χ0) is 13.4. The van der Waals surface area contributed by atoms with E-state index >= 15 is 0 Å². The molecule has 0 atom stereocenters. The Bertz CT molecular complexity index is 501. The fourth-order valence-corrected chi connectivity index (χ4v) is 2.35. The third kappa shape index (κ3) is 2.10. The molecule has 6 heteroatoms. The molecule has 1 aromatic heterocycles. The van der Waals surface area contributed by atoms with E-state index in [1.54, 1.807) is 9.58 Å². The number of amides is 1. The molecule has 0 aliphatic carbocycles. The van der Waals surface area contributed by atoms with E-state index in [4.69, 9.17) is 5.11 Å². The quantitative estimate of drug-likeness (QED) is 0.852. The summed E-state index contributed by atoms with van der Waals surface area (Å²) in [6, 6.07) is 0. The van der Waals surface area contributed by atoms with Crippen LogP contribution >= 0.6 is 0 Å². The van der Waals surface area contributed by atoms with E-state index in [0.717, 1.165) is 11.4 Å². The molecule has 0 unspecified atom stereocenters. The summed E-state index contributed by atoms with van der Waals surface area (Å²) < 4.78 is 1.69. The van der Waals surface area contributed by atoms with Crippen molar-refractivity contribution in [2.45, 2.75) is 20.3 Å². The van der Waals surface area contributed by atoms with Crippen LogP contribution in [0.5, 0.6) is 0 Å². The van der Waals surface area contributed by atoms with Crippen LogP contribution in [0.2, 0.25) is 0 Å². The van der Waals surface area contributed by atoms with Gasteiger partial charge in [0.25, 0.3) is 5.91 Å². The summed E-state index contributed by atoms with van der Waals surface area (Å²) in [5.41, 5.74) is 2.21. The van der Waals surface area contributed by atoms with Crippen molar-refractivity contribution < 1.29 is 14.7 Å². The van der Waals surface area contributed by atoms with Gasteiger partial charge in [0.15, 0.2) is 0 Å². The van der Waals surface area contributed by atoms with E-state index in [2.05, 4.69) is 5.10 Å². The minimum atomic E-state index is -0.805. The van der Waals surface area contributed by atoms with Crippen LogP contribution in [0.1, 0.15) is 28.2 Å². The third-order valence-electron chi connectivity index (χ3n) is 3.43. The van der Waals surface area contributed by atoms with Gasteiger partial charge in [-0.05, 0) is 13.8 Å². The summed E-state index contributed by atoms with van der Waals surface area (Å²) >= 11 is 0. The molecule has 1 N–H and O–H groups in total. The van der Waals surface area contributed by atoms with E-state index in [9.17, 15) is 9.59 Å². The van der Waals surface area contributed by atoms with Gasteiger partial charge >= 0.3 is 5.97 Å². The van der Waals surface area contributed by atoms with Gasteiger partial charge in [0.05, 0.1) is 17.7 Å². The normalized spacial score (nSPS) is 15.6. The molecule has 1 fully saturated rings. The number of carbonyl (C=O) groups excluding carboxylic acids is 1. The second kappa shape index (κ2) is 4.44. The topological polar surface area (TPSA) is 75.4 Å². The predicted octanol–water partition coefficient (Wildman–Crippen LogP) is 0.584. The summed E-state index contributed by atoms with van der Waals surface area (Å²) in [6.07, 6.45) is 0.134. The molecule has 6 nitrogen and oxygen atoms in total. The molecule has 1 saturated heterocycles. The molecule has 2 heterocycles. The highest BCUT2D eigenvalue weighted by Gasteiger charge is 2.34. The summed E-state index contributed by atoms with van der Waals surface area (Å²) in [7, 11) is 1.81. The monoisotopic (exact) mass is 251 g/mol. The summed E-state index contributed by atoms with van der Waals surface area (Å²) in [6.45, 7) is 4.73. The summed E-state index contributed by atoms with van der Waals surface area (Å²) in [4.78, 5) is 24.5. The molecule has 18 heavy (non-hydrogen) atoms. The van der Waals surface area contributed by atoms with Gasteiger partial charge in [-0.15, -0.1) is 0 Å². The van der Waals surface area contributed by atoms with Crippen LogP contribution < -0.4 is 0 Å². The van der Waals surface area contributed by atoms with Crippen molar-refractivity contribution in [1.29, 1.82) is 0 Å². The minimum Gasteiger partial charge on any atom is -0.481 e. The van der Waals surface area contributed by atoms with Gasteiger partial charge < -0.3 is 10.0 Å².